The van der Waals surface area contributed by atoms with Gasteiger partial charge in [0.1, 0.15) is 11.5 Å². The number of imidazole rings is 1. The van der Waals surface area contributed by atoms with E-state index in [0.717, 1.165) is 18.7 Å². The molecule has 0 aromatic carbocycles. The summed E-state index contributed by atoms with van der Waals surface area (Å²) < 4.78 is 2.09. The van der Waals surface area contributed by atoms with Crippen molar-refractivity contribution in [2.45, 2.75) is 12.5 Å². The maximum Gasteiger partial charge on any atom is 0.138 e. The summed E-state index contributed by atoms with van der Waals surface area (Å²) in [7, 11) is 0. The Bertz CT molecular complexity index is 492. The smallest absolute Gasteiger partial charge is 0.138 e. The van der Waals surface area contributed by atoms with E-state index in [9.17, 15) is 0 Å². The van der Waals surface area contributed by atoms with Crippen LogP contribution in [-0.4, -0.2) is 28.0 Å². The van der Waals surface area contributed by atoms with Crippen molar-refractivity contribution in [3.8, 4) is 0 Å². The molecule has 0 aliphatic carbocycles. The highest BCUT2D eigenvalue weighted by atomic mass is 15.3. The molecule has 2 N–H and O–H groups in total. The lowest BCUT2D eigenvalue weighted by molar-refractivity contribution is 0.362. The average molecular weight is 202 g/mol. The third kappa shape index (κ3) is 1.29. The van der Waals surface area contributed by atoms with Crippen LogP contribution in [0.4, 0.5) is 5.82 Å². The number of aromatic nitrogens is 2. The van der Waals surface area contributed by atoms with Gasteiger partial charge in [0, 0.05) is 31.0 Å². The van der Waals surface area contributed by atoms with Gasteiger partial charge in [0.15, 0.2) is 0 Å². The minimum atomic E-state index is -0.0389. The van der Waals surface area contributed by atoms with Crippen molar-refractivity contribution in [1.29, 1.82) is 0 Å². The molecule has 0 amide bonds. The molecule has 2 aromatic rings. The SMILES string of the molecule is CC1(N)CN(c2cccc3nccn23)C1. The van der Waals surface area contributed by atoms with Crippen molar-refractivity contribution in [1.82, 2.24) is 9.38 Å². The summed E-state index contributed by atoms with van der Waals surface area (Å²) in [5.41, 5.74) is 6.95. The first-order valence-corrected chi connectivity index (χ1v) is 5.12. The number of pyridine rings is 1. The molecule has 3 rings (SSSR count). The first-order valence-electron chi connectivity index (χ1n) is 5.12. The van der Waals surface area contributed by atoms with E-state index in [1.165, 1.54) is 5.82 Å². The molecule has 3 heterocycles. The van der Waals surface area contributed by atoms with Crippen LogP contribution in [0.1, 0.15) is 6.92 Å². The third-order valence-electron chi connectivity index (χ3n) is 2.83. The van der Waals surface area contributed by atoms with Crippen LogP contribution in [0.5, 0.6) is 0 Å². The molecule has 2 aromatic heterocycles. The number of anilines is 1. The highest BCUT2D eigenvalue weighted by molar-refractivity contribution is 5.53. The zero-order valence-corrected chi connectivity index (χ0v) is 8.72. The van der Waals surface area contributed by atoms with Gasteiger partial charge in [0.2, 0.25) is 0 Å². The minimum Gasteiger partial charge on any atom is -0.354 e. The lowest BCUT2D eigenvalue weighted by Crippen LogP contribution is -2.66. The van der Waals surface area contributed by atoms with Crippen LogP contribution in [0.3, 0.4) is 0 Å². The fourth-order valence-electron chi connectivity index (χ4n) is 2.18. The Balaban J connectivity index is 2.02. The maximum absolute atomic E-state index is 6.00. The molecule has 0 spiro atoms. The molecule has 1 aliphatic rings. The number of nitrogens with two attached hydrogens (primary N) is 1. The van der Waals surface area contributed by atoms with Gasteiger partial charge in [0.25, 0.3) is 0 Å². The van der Waals surface area contributed by atoms with E-state index in [0.29, 0.717) is 0 Å². The summed E-state index contributed by atoms with van der Waals surface area (Å²) in [6.07, 6.45) is 3.80. The Labute approximate surface area is 88.3 Å². The van der Waals surface area contributed by atoms with E-state index in [1.54, 1.807) is 0 Å². The molecule has 1 fully saturated rings. The minimum absolute atomic E-state index is 0.0389. The first kappa shape index (κ1) is 8.73. The standard InChI is InChI=1S/C11H14N4/c1-11(12)7-14(8-11)10-4-2-3-9-13-5-6-15(9)10/h2-6H,7-8,12H2,1H3. The summed E-state index contributed by atoms with van der Waals surface area (Å²) in [5, 5.41) is 0. The normalized spacial score (nSPS) is 19.2. The summed E-state index contributed by atoms with van der Waals surface area (Å²) >= 11 is 0. The first-order chi connectivity index (χ1) is 7.16. The van der Waals surface area contributed by atoms with Gasteiger partial charge >= 0.3 is 0 Å². The molecular weight excluding hydrogens is 188 g/mol. The Kier molecular flexibility index (Phi) is 1.59. The third-order valence-corrected chi connectivity index (χ3v) is 2.83. The van der Waals surface area contributed by atoms with Crippen LogP contribution >= 0.6 is 0 Å². The van der Waals surface area contributed by atoms with Crippen LogP contribution < -0.4 is 10.6 Å². The van der Waals surface area contributed by atoms with Crippen molar-refractivity contribution in [2.75, 3.05) is 18.0 Å². The van der Waals surface area contributed by atoms with Gasteiger partial charge in [-0.1, -0.05) is 6.07 Å². The van der Waals surface area contributed by atoms with Gasteiger partial charge in [-0.25, -0.2) is 4.98 Å². The van der Waals surface area contributed by atoms with Crippen molar-refractivity contribution < 1.29 is 0 Å². The van der Waals surface area contributed by atoms with Crippen LogP contribution in [0.2, 0.25) is 0 Å². The van der Waals surface area contributed by atoms with E-state index < -0.39 is 0 Å². The molecule has 4 nitrogen and oxygen atoms in total. The van der Waals surface area contributed by atoms with Crippen molar-refractivity contribution in [2.24, 2.45) is 5.73 Å². The second kappa shape index (κ2) is 2.73. The summed E-state index contributed by atoms with van der Waals surface area (Å²) in [5.74, 6) is 1.17. The highest BCUT2D eigenvalue weighted by Gasteiger charge is 2.35. The summed E-state index contributed by atoms with van der Waals surface area (Å²) in [6.45, 7) is 3.89. The molecule has 1 saturated heterocycles. The number of hydrogen-bond acceptors (Lipinski definition) is 3. The van der Waals surface area contributed by atoms with E-state index in [4.69, 9.17) is 5.73 Å². The topological polar surface area (TPSA) is 46.6 Å². The zero-order valence-electron chi connectivity index (χ0n) is 8.72. The van der Waals surface area contributed by atoms with Gasteiger partial charge < -0.3 is 10.6 Å². The van der Waals surface area contributed by atoms with E-state index >= 15 is 0 Å². The van der Waals surface area contributed by atoms with Gasteiger partial charge in [0.05, 0.1) is 0 Å². The second-order valence-electron chi connectivity index (χ2n) is 4.55. The van der Waals surface area contributed by atoms with Gasteiger partial charge in [-0.05, 0) is 19.1 Å². The number of fused-ring (bicyclic) bond motifs is 1. The van der Waals surface area contributed by atoms with Gasteiger partial charge in [-0.3, -0.25) is 4.40 Å². The zero-order chi connectivity index (χ0) is 10.5. The molecule has 0 unspecified atom stereocenters. The Morgan fingerprint density at radius 1 is 1.40 bits per heavy atom. The Morgan fingerprint density at radius 2 is 2.20 bits per heavy atom. The monoisotopic (exact) mass is 202 g/mol. The van der Waals surface area contributed by atoms with E-state index in [-0.39, 0.29) is 5.54 Å². The molecule has 0 radical (unpaired) electrons. The average Bonchev–Trinajstić information content (AvgIpc) is 2.60. The largest absolute Gasteiger partial charge is 0.354 e. The Hall–Kier alpha value is -1.55. The number of hydrogen-bond donors (Lipinski definition) is 1. The maximum atomic E-state index is 6.00. The quantitative estimate of drug-likeness (QED) is 0.746. The van der Waals surface area contributed by atoms with Crippen LogP contribution in [0.25, 0.3) is 5.65 Å². The predicted molar refractivity (Wildman–Crippen MR) is 60.0 cm³/mol. The van der Waals surface area contributed by atoms with E-state index in [2.05, 4.69) is 27.3 Å². The van der Waals surface area contributed by atoms with Crippen LogP contribution in [-0.2, 0) is 0 Å². The van der Waals surface area contributed by atoms with Crippen molar-refractivity contribution >= 4 is 11.5 Å². The molecule has 1 aliphatic heterocycles. The lowest BCUT2D eigenvalue weighted by Gasteiger charge is -2.46. The van der Waals surface area contributed by atoms with Crippen LogP contribution in [0, 0.1) is 0 Å². The molecule has 4 heteroatoms. The predicted octanol–water partition coefficient (Wildman–Crippen LogP) is 0.872. The fourth-order valence-corrected chi connectivity index (χ4v) is 2.18. The second-order valence-corrected chi connectivity index (χ2v) is 4.55. The summed E-state index contributed by atoms with van der Waals surface area (Å²) in [4.78, 5) is 6.53. The van der Waals surface area contributed by atoms with Crippen molar-refractivity contribution in [3.63, 3.8) is 0 Å². The van der Waals surface area contributed by atoms with E-state index in [1.807, 2.05) is 24.5 Å². The lowest BCUT2D eigenvalue weighted by atomic mass is 9.94. The Morgan fingerprint density at radius 3 is 2.93 bits per heavy atom. The fraction of sp³-hybridized carbons (Fsp3) is 0.364. The number of nitrogens with zero attached hydrogens (tertiary/aromatic N) is 3. The van der Waals surface area contributed by atoms with Crippen LogP contribution in [0.15, 0.2) is 30.6 Å². The molecule has 0 saturated carbocycles. The summed E-state index contributed by atoms with van der Waals surface area (Å²) in [6, 6.07) is 6.14. The van der Waals surface area contributed by atoms with Gasteiger partial charge in [-0.2, -0.15) is 0 Å². The molecule has 0 bridgehead atoms. The molecule has 15 heavy (non-hydrogen) atoms. The molecule has 78 valence electrons. The highest BCUT2D eigenvalue weighted by Crippen LogP contribution is 2.25. The van der Waals surface area contributed by atoms with Crippen molar-refractivity contribution in [3.05, 3.63) is 30.6 Å². The van der Waals surface area contributed by atoms with Gasteiger partial charge in [-0.15, -0.1) is 0 Å². The number of rotatable bonds is 1. The molecular formula is C11H14N4. The molecule has 0 atom stereocenters.